The summed E-state index contributed by atoms with van der Waals surface area (Å²) in [6, 6.07) is 15.3. The van der Waals surface area contributed by atoms with Crippen LogP contribution in [-0.4, -0.2) is 0 Å². The van der Waals surface area contributed by atoms with Crippen LogP contribution in [-0.2, 0) is 32.7 Å². The fourth-order valence-electron chi connectivity index (χ4n) is 1.32. The maximum Gasteiger partial charge on any atom is 0.127 e. The predicted molar refractivity (Wildman–Crippen MR) is 62.7 cm³/mol. The Morgan fingerprint density at radius 3 is 2.25 bits per heavy atom. The van der Waals surface area contributed by atoms with Crippen molar-refractivity contribution in [2.75, 3.05) is 0 Å². The summed E-state index contributed by atoms with van der Waals surface area (Å²) in [5, 5.41) is 0.714. The van der Waals surface area contributed by atoms with Gasteiger partial charge in [-0.25, -0.2) is 0 Å². The summed E-state index contributed by atoms with van der Waals surface area (Å²) in [5.74, 6) is 1.64. The first kappa shape index (κ1) is 13.7. The number of ether oxygens (including phenoxy) is 1. The zero-order valence-corrected chi connectivity index (χ0v) is 12.6. The Hall–Kier alpha value is -0.366. The molecule has 0 spiro atoms. The number of aryl methyl sites for hydroxylation is 1. The third kappa shape index (κ3) is 3.90. The SMILES string of the molecule is Cc1cccc(Oc2ccc(Cl)cc2)c1.[Y]. The van der Waals surface area contributed by atoms with E-state index in [1.807, 2.05) is 55.5 Å². The molecule has 16 heavy (non-hydrogen) atoms. The van der Waals surface area contributed by atoms with Crippen LogP contribution in [0.15, 0.2) is 48.5 Å². The van der Waals surface area contributed by atoms with Crippen LogP contribution >= 0.6 is 11.6 Å². The zero-order valence-electron chi connectivity index (χ0n) is 8.98. The number of hydrogen-bond acceptors (Lipinski definition) is 1. The number of rotatable bonds is 2. The standard InChI is InChI=1S/C13H11ClO.Y/c1-10-3-2-4-13(9-10)15-12-7-5-11(14)6-8-12;/h2-9H,1H3;. The van der Waals surface area contributed by atoms with Crippen molar-refractivity contribution in [3.8, 4) is 11.5 Å². The molecule has 0 amide bonds. The van der Waals surface area contributed by atoms with Crippen LogP contribution in [0.25, 0.3) is 0 Å². The zero-order chi connectivity index (χ0) is 10.7. The molecule has 2 aromatic rings. The Morgan fingerprint density at radius 1 is 0.938 bits per heavy atom. The fraction of sp³-hybridized carbons (Fsp3) is 0.0769. The number of benzene rings is 2. The molecule has 2 rings (SSSR count). The molecular formula is C13H11ClOY. The number of hydrogen-bond donors (Lipinski definition) is 0. The van der Waals surface area contributed by atoms with Gasteiger partial charge in [-0.2, -0.15) is 0 Å². The molecule has 79 valence electrons. The quantitative estimate of drug-likeness (QED) is 0.797. The second kappa shape index (κ2) is 6.39. The molecule has 0 N–H and O–H groups in total. The Balaban J connectivity index is 0.00000128. The van der Waals surface area contributed by atoms with Gasteiger partial charge < -0.3 is 4.74 Å². The van der Waals surface area contributed by atoms with Crippen LogP contribution in [0.1, 0.15) is 5.56 Å². The minimum Gasteiger partial charge on any atom is -0.457 e. The summed E-state index contributed by atoms with van der Waals surface area (Å²) in [6.07, 6.45) is 0. The summed E-state index contributed by atoms with van der Waals surface area (Å²) in [4.78, 5) is 0. The Bertz CT molecular complexity index is 454. The van der Waals surface area contributed by atoms with Crippen molar-refractivity contribution in [1.29, 1.82) is 0 Å². The second-order valence-corrected chi connectivity index (χ2v) is 3.81. The summed E-state index contributed by atoms with van der Waals surface area (Å²) in [7, 11) is 0. The second-order valence-electron chi connectivity index (χ2n) is 3.37. The van der Waals surface area contributed by atoms with Crippen molar-refractivity contribution in [3.05, 3.63) is 59.1 Å². The fourth-order valence-corrected chi connectivity index (χ4v) is 1.44. The molecule has 0 saturated heterocycles. The monoisotopic (exact) mass is 307 g/mol. The van der Waals surface area contributed by atoms with E-state index in [-0.39, 0.29) is 32.7 Å². The largest absolute Gasteiger partial charge is 0.457 e. The molecule has 0 atom stereocenters. The molecule has 3 heteroatoms. The summed E-state index contributed by atoms with van der Waals surface area (Å²) in [6.45, 7) is 2.04. The van der Waals surface area contributed by atoms with Crippen LogP contribution in [0.2, 0.25) is 5.02 Å². The molecule has 0 heterocycles. The third-order valence-corrected chi connectivity index (χ3v) is 2.29. The van der Waals surface area contributed by atoms with E-state index in [9.17, 15) is 0 Å². The van der Waals surface area contributed by atoms with Gasteiger partial charge >= 0.3 is 0 Å². The molecule has 0 aliphatic carbocycles. The maximum absolute atomic E-state index is 5.78. The number of halogens is 1. The van der Waals surface area contributed by atoms with Crippen LogP contribution < -0.4 is 4.74 Å². The van der Waals surface area contributed by atoms with Crippen LogP contribution in [0.3, 0.4) is 0 Å². The molecule has 0 aromatic heterocycles. The first-order valence-corrected chi connectivity index (χ1v) is 5.12. The molecule has 0 fully saturated rings. The van der Waals surface area contributed by atoms with Gasteiger partial charge in [0.25, 0.3) is 0 Å². The molecule has 0 aliphatic heterocycles. The van der Waals surface area contributed by atoms with E-state index >= 15 is 0 Å². The molecule has 0 bridgehead atoms. The minimum absolute atomic E-state index is 0. The van der Waals surface area contributed by atoms with Crippen molar-refractivity contribution in [2.24, 2.45) is 0 Å². The molecule has 2 aromatic carbocycles. The van der Waals surface area contributed by atoms with Crippen molar-refractivity contribution >= 4 is 11.6 Å². The van der Waals surface area contributed by atoms with Crippen molar-refractivity contribution in [2.45, 2.75) is 6.92 Å². The van der Waals surface area contributed by atoms with Gasteiger partial charge in [0.1, 0.15) is 11.5 Å². The van der Waals surface area contributed by atoms with E-state index in [4.69, 9.17) is 16.3 Å². The minimum atomic E-state index is 0. The first-order valence-electron chi connectivity index (χ1n) is 4.74. The third-order valence-electron chi connectivity index (χ3n) is 2.04. The Morgan fingerprint density at radius 2 is 1.62 bits per heavy atom. The molecular weight excluding hydrogens is 297 g/mol. The summed E-state index contributed by atoms with van der Waals surface area (Å²) in [5.41, 5.74) is 1.18. The molecule has 0 aliphatic rings. The van der Waals surface area contributed by atoms with Gasteiger partial charge in [-0.15, -0.1) is 0 Å². The average molecular weight is 308 g/mol. The maximum atomic E-state index is 5.78. The first-order chi connectivity index (χ1) is 7.24. The van der Waals surface area contributed by atoms with Crippen LogP contribution in [0, 0.1) is 6.92 Å². The smallest absolute Gasteiger partial charge is 0.127 e. The van der Waals surface area contributed by atoms with E-state index in [1.165, 1.54) is 5.56 Å². The Kier molecular flexibility index (Phi) is 5.47. The normalized spacial score (nSPS) is 9.38. The predicted octanol–water partition coefficient (Wildman–Crippen LogP) is 4.44. The topological polar surface area (TPSA) is 9.23 Å². The van der Waals surface area contributed by atoms with E-state index < -0.39 is 0 Å². The van der Waals surface area contributed by atoms with Crippen molar-refractivity contribution < 1.29 is 37.4 Å². The van der Waals surface area contributed by atoms with Gasteiger partial charge in [0.2, 0.25) is 0 Å². The van der Waals surface area contributed by atoms with Crippen molar-refractivity contribution in [3.63, 3.8) is 0 Å². The summed E-state index contributed by atoms with van der Waals surface area (Å²) < 4.78 is 5.66. The molecule has 0 unspecified atom stereocenters. The van der Waals surface area contributed by atoms with E-state index in [0.717, 1.165) is 11.5 Å². The summed E-state index contributed by atoms with van der Waals surface area (Å²) >= 11 is 5.78. The van der Waals surface area contributed by atoms with Crippen LogP contribution in [0.4, 0.5) is 0 Å². The molecule has 1 radical (unpaired) electrons. The Labute approximate surface area is 126 Å². The molecule has 0 saturated carbocycles. The van der Waals surface area contributed by atoms with Gasteiger partial charge in [-0.3, -0.25) is 0 Å². The van der Waals surface area contributed by atoms with Gasteiger partial charge in [0.15, 0.2) is 0 Å². The van der Waals surface area contributed by atoms with Gasteiger partial charge in [0.05, 0.1) is 0 Å². The average Bonchev–Trinajstić information content (AvgIpc) is 2.22. The van der Waals surface area contributed by atoms with E-state index in [1.54, 1.807) is 0 Å². The van der Waals surface area contributed by atoms with Crippen LogP contribution in [0.5, 0.6) is 11.5 Å². The molecule has 1 nitrogen and oxygen atoms in total. The van der Waals surface area contributed by atoms with Crippen molar-refractivity contribution in [1.82, 2.24) is 0 Å². The van der Waals surface area contributed by atoms with E-state index in [0.29, 0.717) is 5.02 Å². The van der Waals surface area contributed by atoms with E-state index in [2.05, 4.69) is 0 Å². The van der Waals surface area contributed by atoms with Gasteiger partial charge in [-0.05, 0) is 48.9 Å². The van der Waals surface area contributed by atoms with Gasteiger partial charge in [0, 0.05) is 37.7 Å². The van der Waals surface area contributed by atoms with Gasteiger partial charge in [-0.1, -0.05) is 23.7 Å².